The molecule has 12 heteroatoms. The number of nitrogens with one attached hydrogen (secondary N) is 3. The van der Waals surface area contributed by atoms with Crippen molar-refractivity contribution in [2.24, 2.45) is 68.0 Å². The van der Waals surface area contributed by atoms with Gasteiger partial charge in [-0.05, 0) is 148 Å². The molecule has 0 aliphatic heterocycles. The standard InChI is InChI=1S/C52H74N4O8/c1-27(2)40-35(57)25-52(38(58)26-53-45(63)48(8,9)56-42(59)29-13-15-33-34(23-29)55-28(3)54-33)22-21-50(11)30(41(40)52)14-16-37-49(10)19-18-39(47(6,7)36(49)17-20-51(37,50)12)64-44(62)32-24-31(43(60)61)46(32,4)5/h13,15,23,27,30-32,36-39,58H,14,16-22,24-26H2,1-12H3,(H,53,63)(H,54,55)(H,56,59)(H,60,61)/t30-,31+,32-,36+,37-,38+,39+,49+,50-,51-,52+/m1/s1. The number of ether oxygens (including phenoxy) is 1. The molecule has 6 aliphatic rings. The van der Waals surface area contributed by atoms with Crippen LogP contribution >= 0.6 is 0 Å². The van der Waals surface area contributed by atoms with Gasteiger partial charge in [0.25, 0.3) is 5.91 Å². The van der Waals surface area contributed by atoms with Gasteiger partial charge in [0, 0.05) is 29.4 Å². The third-order valence-electron chi connectivity index (χ3n) is 19.5. The first-order valence-corrected chi connectivity index (χ1v) is 24.1. The Hall–Kier alpha value is -4.06. The van der Waals surface area contributed by atoms with Crippen molar-refractivity contribution in [2.45, 2.75) is 165 Å². The SMILES string of the molecule is Cc1nc2ccc(C(=O)NC(C)(C)C(=O)NC[C@H](O)[C@@]34CC[C@]5(C)[C@H](CC[C@@H]6[C@@]7(C)CC[C@H](OC(=O)[C@H]8C[C@@H](C(=O)O)C8(C)C)C(C)(C)[C@@H]7CC[C@]65C)C3=C(C(C)C)C(=O)C4)cc2[nH]1. The average Bonchev–Trinajstić information content (AvgIpc) is 3.73. The van der Waals surface area contributed by atoms with Gasteiger partial charge in [-0.15, -0.1) is 0 Å². The summed E-state index contributed by atoms with van der Waals surface area (Å²) in [5.41, 5.74) is 0.730. The number of Topliss-reactive ketones (excluding diaryl/α,β-unsaturated/α-hetero) is 1. The van der Waals surface area contributed by atoms with Crippen LogP contribution in [0.5, 0.6) is 0 Å². The first-order valence-electron chi connectivity index (χ1n) is 24.1. The van der Waals surface area contributed by atoms with E-state index in [-0.39, 0.29) is 64.3 Å². The summed E-state index contributed by atoms with van der Waals surface area (Å²) in [7, 11) is 0. The number of amides is 2. The van der Waals surface area contributed by atoms with E-state index in [0.717, 1.165) is 72.9 Å². The molecule has 350 valence electrons. The van der Waals surface area contributed by atoms with E-state index in [1.54, 1.807) is 32.0 Å². The van der Waals surface area contributed by atoms with Gasteiger partial charge in [0.05, 0.1) is 29.0 Å². The Morgan fingerprint density at radius 1 is 0.906 bits per heavy atom. The van der Waals surface area contributed by atoms with Gasteiger partial charge >= 0.3 is 11.9 Å². The molecule has 1 aromatic carbocycles. The summed E-state index contributed by atoms with van der Waals surface area (Å²) in [5.74, 6) is -1.18. The zero-order chi connectivity index (χ0) is 46.9. The van der Waals surface area contributed by atoms with Crippen molar-refractivity contribution in [3.8, 4) is 0 Å². The summed E-state index contributed by atoms with van der Waals surface area (Å²) >= 11 is 0. The highest BCUT2D eigenvalue weighted by atomic mass is 16.5. The lowest BCUT2D eigenvalue weighted by atomic mass is 9.33. The molecule has 0 radical (unpaired) electrons. The number of hydrogen-bond acceptors (Lipinski definition) is 8. The summed E-state index contributed by atoms with van der Waals surface area (Å²) < 4.78 is 6.42. The highest BCUT2D eigenvalue weighted by Gasteiger charge is 2.71. The zero-order valence-electron chi connectivity index (χ0n) is 40.4. The first-order chi connectivity index (χ1) is 29.7. The highest BCUT2D eigenvalue weighted by molar-refractivity contribution is 6.02. The summed E-state index contributed by atoms with van der Waals surface area (Å²) in [4.78, 5) is 74.5. The maximum Gasteiger partial charge on any atom is 0.309 e. The zero-order valence-corrected chi connectivity index (χ0v) is 40.4. The number of aryl methyl sites for hydroxylation is 1. The third kappa shape index (κ3) is 6.74. The summed E-state index contributed by atoms with van der Waals surface area (Å²) in [5, 5.41) is 28.0. The number of carbonyl (C=O) groups is 5. The lowest BCUT2D eigenvalue weighted by Crippen LogP contribution is -2.66. The number of carboxylic acid groups (broad SMARTS) is 1. The molecule has 1 heterocycles. The Bertz CT molecular complexity index is 2320. The number of aliphatic hydroxyl groups excluding tert-OH is 1. The molecule has 8 rings (SSSR count). The molecule has 5 saturated carbocycles. The molecular weight excluding hydrogens is 809 g/mol. The smallest absolute Gasteiger partial charge is 0.309 e. The van der Waals surface area contributed by atoms with E-state index >= 15 is 0 Å². The van der Waals surface area contributed by atoms with Crippen LogP contribution in [0.3, 0.4) is 0 Å². The number of nitrogens with zero attached hydrogens (tertiary/aromatic N) is 1. The predicted octanol–water partition coefficient (Wildman–Crippen LogP) is 8.50. The van der Waals surface area contributed by atoms with Crippen LogP contribution in [0, 0.1) is 74.9 Å². The quantitative estimate of drug-likeness (QED) is 0.146. The summed E-state index contributed by atoms with van der Waals surface area (Å²) in [6.45, 7) is 25.1. The number of hydrogen-bond donors (Lipinski definition) is 5. The van der Waals surface area contributed by atoms with Gasteiger partial charge in [0.15, 0.2) is 5.78 Å². The minimum absolute atomic E-state index is 0.00369. The number of aromatic amines is 1. The first kappa shape index (κ1) is 46.5. The molecule has 0 bridgehead atoms. The second-order valence-corrected chi connectivity index (χ2v) is 24.0. The number of esters is 1. The van der Waals surface area contributed by atoms with Crippen LogP contribution < -0.4 is 10.6 Å². The number of aliphatic hydroxyl groups is 1. The summed E-state index contributed by atoms with van der Waals surface area (Å²) in [6, 6.07) is 5.18. The maximum absolute atomic E-state index is 14.3. The number of benzene rings is 1. The Morgan fingerprint density at radius 2 is 1.61 bits per heavy atom. The van der Waals surface area contributed by atoms with Gasteiger partial charge < -0.3 is 30.6 Å². The fraction of sp³-hybridized carbons (Fsp3) is 0.731. The monoisotopic (exact) mass is 883 g/mol. The number of fused-ring (bicyclic) bond motifs is 8. The summed E-state index contributed by atoms with van der Waals surface area (Å²) in [6.07, 6.45) is 6.50. The van der Waals surface area contributed by atoms with Gasteiger partial charge in [0.2, 0.25) is 5.91 Å². The molecule has 0 spiro atoms. The van der Waals surface area contributed by atoms with E-state index in [4.69, 9.17) is 4.74 Å². The number of aliphatic carboxylic acids is 1. The fourth-order valence-corrected chi connectivity index (χ4v) is 15.5. The Morgan fingerprint density at radius 3 is 2.27 bits per heavy atom. The predicted molar refractivity (Wildman–Crippen MR) is 244 cm³/mol. The molecule has 6 aliphatic carbocycles. The lowest BCUT2D eigenvalue weighted by molar-refractivity contribution is -0.238. The molecule has 11 atom stereocenters. The van der Waals surface area contributed by atoms with Crippen molar-refractivity contribution < 1.29 is 38.9 Å². The lowest BCUT2D eigenvalue weighted by Gasteiger charge is -2.72. The number of ketones is 1. The van der Waals surface area contributed by atoms with E-state index in [0.29, 0.717) is 30.2 Å². The molecule has 0 saturated heterocycles. The molecule has 5 N–H and O–H groups in total. The van der Waals surface area contributed by atoms with Crippen molar-refractivity contribution in [1.29, 1.82) is 0 Å². The number of aromatic nitrogens is 2. The van der Waals surface area contributed by atoms with E-state index in [1.165, 1.54) is 0 Å². The van der Waals surface area contributed by atoms with E-state index in [9.17, 15) is 34.2 Å². The number of rotatable bonds is 10. The topological polar surface area (TPSA) is 188 Å². The number of imidazole rings is 1. The Labute approximate surface area is 379 Å². The van der Waals surface area contributed by atoms with Gasteiger partial charge in [-0.25, -0.2) is 4.98 Å². The minimum Gasteiger partial charge on any atom is -0.481 e. The van der Waals surface area contributed by atoms with E-state index < -0.39 is 52.1 Å². The van der Waals surface area contributed by atoms with Gasteiger partial charge in [-0.3, -0.25) is 24.0 Å². The second kappa shape index (κ2) is 15.2. The van der Waals surface area contributed by atoms with Gasteiger partial charge in [0.1, 0.15) is 17.5 Å². The number of allylic oxidation sites excluding steroid dienone is 1. The van der Waals surface area contributed by atoms with Crippen LogP contribution in [-0.4, -0.2) is 74.0 Å². The van der Waals surface area contributed by atoms with Crippen molar-refractivity contribution in [3.05, 3.63) is 40.7 Å². The second-order valence-electron chi connectivity index (χ2n) is 24.0. The number of carboxylic acids is 1. The van der Waals surface area contributed by atoms with Crippen LogP contribution in [-0.2, 0) is 23.9 Å². The Balaban J connectivity index is 0.993. The Kier molecular flexibility index (Phi) is 11.1. The largest absolute Gasteiger partial charge is 0.481 e. The molecule has 64 heavy (non-hydrogen) atoms. The molecule has 2 aromatic rings. The van der Waals surface area contributed by atoms with Crippen LogP contribution in [0.25, 0.3) is 11.0 Å². The van der Waals surface area contributed by atoms with Crippen molar-refractivity contribution in [2.75, 3.05) is 6.54 Å². The average molecular weight is 883 g/mol. The number of H-pyrrole nitrogens is 1. The molecule has 12 nitrogen and oxygen atoms in total. The third-order valence-corrected chi connectivity index (χ3v) is 19.5. The van der Waals surface area contributed by atoms with Crippen molar-refractivity contribution in [1.82, 2.24) is 20.6 Å². The van der Waals surface area contributed by atoms with E-state index in [1.807, 2.05) is 20.8 Å². The molecular formula is C52H74N4O8. The molecule has 2 amide bonds. The molecule has 1 aromatic heterocycles. The van der Waals surface area contributed by atoms with Gasteiger partial charge in [-0.1, -0.05) is 67.9 Å². The van der Waals surface area contributed by atoms with Crippen molar-refractivity contribution in [3.63, 3.8) is 0 Å². The van der Waals surface area contributed by atoms with E-state index in [2.05, 4.69) is 69.1 Å². The van der Waals surface area contributed by atoms with Crippen LogP contribution in [0.15, 0.2) is 29.3 Å². The minimum atomic E-state index is -1.29. The van der Waals surface area contributed by atoms with Crippen LogP contribution in [0.2, 0.25) is 0 Å². The van der Waals surface area contributed by atoms with Gasteiger partial charge in [-0.2, -0.15) is 0 Å². The molecule has 0 unspecified atom stereocenters. The van der Waals surface area contributed by atoms with Crippen molar-refractivity contribution >= 4 is 40.6 Å². The normalized spacial score (nSPS) is 36.8. The number of carbonyl (C=O) groups excluding carboxylic acids is 4. The fourth-order valence-electron chi connectivity index (χ4n) is 15.5. The highest BCUT2D eigenvalue weighted by Crippen LogP contribution is 2.77. The van der Waals surface area contributed by atoms with Crippen LogP contribution in [0.1, 0.15) is 157 Å². The molecule has 5 fully saturated rings. The maximum atomic E-state index is 14.3. The van der Waals surface area contributed by atoms with Crippen LogP contribution in [0.4, 0.5) is 0 Å².